The largest absolute Gasteiger partial charge is 0.497 e. The maximum atomic E-state index is 13.3. The normalized spacial score (nSPS) is 19.3. The van der Waals surface area contributed by atoms with Gasteiger partial charge in [-0.2, -0.15) is 5.10 Å². The van der Waals surface area contributed by atoms with E-state index in [1.54, 1.807) is 29.7 Å². The summed E-state index contributed by atoms with van der Waals surface area (Å²) in [4.78, 5) is 19.0. The molecule has 8 heteroatoms. The first-order chi connectivity index (χ1) is 15.7. The Balaban J connectivity index is 1.24. The molecule has 7 nitrogen and oxygen atoms in total. The van der Waals surface area contributed by atoms with E-state index in [1.165, 1.54) is 0 Å². The quantitative estimate of drug-likeness (QED) is 0.571. The highest BCUT2D eigenvalue weighted by molar-refractivity contribution is 7.10. The predicted octanol–water partition coefficient (Wildman–Crippen LogP) is 3.85. The van der Waals surface area contributed by atoms with E-state index in [4.69, 9.17) is 9.15 Å². The van der Waals surface area contributed by atoms with Gasteiger partial charge in [0.15, 0.2) is 0 Å². The van der Waals surface area contributed by atoms with Gasteiger partial charge in [0.1, 0.15) is 17.2 Å². The number of thiophene rings is 1. The van der Waals surface area contributed by atoms with Crippen molar-refractivity contribution in [2.24, 2.45) is 5.10 Å². The fourth-order valence-electron chi connectivity index (χ4n) is 4.27. The number of hydrazone groups is 1. The number of nitrogens with zero attached hydrogens (tertiary/aromatic N) is 4. The Morgan fingerprint density at radius 1 is 1.16 bits per heavy atom. The van der Waals surface area contributed by atoms with E-state index < -0.39 is 0 Å². The van der Waals surface area contributed by atoms with E-state index in [-0.39, 0.29) is 11.9 Å². The number of benzene rings is 1. The molecule has 3 aromatic rings. The number of hydrogen-bond acceptors (Lipinski definition) is 7. The first kappa shape index (κ1) is 20.8. The second kappa shape index (κ2) is 9.18. The molecule has 5 rings (SSSR count). The second-order valence-electron chi connectivity index (χ2n) is 7.96. The lowest BCUT2D eigenvalue weighted by atomic mass is 10.1. The van der Waals surface area contributed by atoms with E-state index in [9.17, 15) is 4.79 Å². The van der Waals surface area contributed by atoms with Crippen LogP contribution in [0.15, 0.2) is 69.7 Å². The number of furan rings is 1. The van der Waals surface area contributed by atoms with Crippen LogP contribution in [0.1, 0.15) is 23.1 Å². The number of hydrogen-bond donors (Lipinski definition) is 0. The summed E-state index contributed by atoms with van der Waals surface area (Å²) in [5.41, 5.74) is 1.98. The van der Waals surface area contributed by atoms with Crippen LogP contribution in [0.3, 0.4) is 0 Å². The van der Waals surface area contributed by atoms with E-state index in [2.05, 4.69) is 33.1 Å². The molecular formula is C24H26N4O3S. The number of carbonyl (C=O) groups is 1. The number of amides is 1. The molecule has 2 aliphatic heterocycles. The van der Waals surface area contributed by atoms with Gasteiger partial charge in [-0.15, -0.1) is 11.3 Å². The lowest BCUT2D eigenvalue weighted by Gasteiger charge is -2.36. The van der Waals surface area contributed by atoms with Crippen molar-refractivity contribution < 1.29 is 13.9 Å². The van der Waals surface area contributed by atoms with Gasteiger partial charge >= 0.3 is 0 Å². The summed E-state index contributed by atoms with van der Waals surface area (Å²) in [5.74, 6) is 1.62. The van der Waals surface area contributed by atoms with Crippen LogP contribution in [-0.4, -0.2) is 61.4 Å². The SMILES string of the molecule is COc1cccc(N2CCN(CC(=O)N3N=C(c4ccco4)CC3c3cccs3)CC2)c1. The lowest BCUT2D eigenvalue weighted by molar-refractivity contribution is -0.134. The molecular weight excluding hydrogens is 424 g/mol. The van der Waals surface area contributed by atoms with Crippen LogP contribution in [0, 0.1) is 0 Å². The van der Waals surface area contributed by atoms with Crippen LogP contribution in [0.5, 0.6) is 5.75 Å². The summed E-state index contributed by atoms with van der Waals surface area (Å²) in [6, 6.07) is 15.9. The number of piperazine rings is 1. The number of rotatable bonds is 6. The third-order valence-corrected chi connectivity index (χ3v) is 6.97. The molecule has 0 N–H and O–H groups in total. The lowest BCUT2D eigenvalue weighted by Crippen LogP contribution is -2.49. The molecule has 1 aromatic carbocycles. The van der Waals surface area contributed by atoms with Gasteiger partial charge in [0.25, 0.3) is 5.91 Å². The van der Waals surface area contributed by atoms with Crippen molar-refractivity contribution in [3.8, 4) is 5.75 Å². The van der Waals surface area contributed by atoms with Crippen LogP contribution in [0.25, 0.3) is 0 Å². The fraction of sp³-hybridized carbons (Fsp3) is 0.333. The Labute approximate surface area is 191 Å². The average Bonchev–Trinajstić information content (AvgIpc) is 3.60. The maximum absolute atomic E-state index is 13.3. The van der Waals surface area contributed by atoms with E-state index >= 15 is 0 Å². The Hall–Kier alpha value is -3.10. The molecule has 1 atom stereocenters. The first-order valence-corrected chi connectivity index (χ1v) is 11.7. The van der Waals surface area contributed by atoms with E-state index in [0.717, 1.165) is 54.0 Å². The minimum Gasteiger partial charge on any atom is -0.497 e. The van der Waals surface area contributed by atoms with Gasteiger partial charge in [-0.05, 0) is 35.7 Å². The topological polar surface area (TPSA) is 61.5 Å². The van der Waals surface area contributed by atoms with Crippen molar-refractivity contribution in [2.75, 3.05) is 44.7 Å². The summed E-state index contributed by atoms with van der Waals surface area (Å²) in [6.07, 6.45) is 2.31. The Bertz CT molecular complexity index is 1070. The van der Waals surface area contributed by atoms with E-state index in [0.29, 0.717) is 13.0 Å². The molecule has 0 radical (unpaired) electrons. The van der Waals surface area contributed by atoms with Gasteiger partial charge in [-0.1, -0.05) is 12.1 Å². The van der Waals surface area contributed by atoms with Crippen molar-refractivity contribution >= 4 is 28.6 Å². The Morgan fingerprint density at radius 3 is 2.75 bits per heavy atom. The van der Waals surface area contributed by atoms with Crippen molar-refractivity contribution in [1.82, 2.24) is 9.91 Å². The van der Waals surface area contributed by atoms with Gasteiger partial charge in [0.2, 0.25) is 0 Å². The van der Waals surface area contributed by atoms with Crippen molar-refractivity contribution in [3.05, 3.63) is 70.8 Å². The summed E-state index contributed by atoms with van der Waals surface area (Å²) >= 11 is 1.66. The third-order valence-electron chi connectivity index (χ3n) is 5.99. The molecule has 0 saturated carbocycles. The van der Waals surface area contributed by atoms with E-state index in [1.807, 2.05) is 35.7 Å². The summed E-state index contributed by atoms with van der Waals surface area (Å²) in [6.45, 7) is 3.76. The van der Waals surface area contributed by atoms with Crippen LogP contribution in [-0.2, 0) is 4.79 Å². The predicted molar refractivity (Wildman–Crippen MR) is 125 cm³/mol. The van der Waals surface area contributed by atoms with Crippen LogP contribution < -0.4 is 9.64 Å². The standard InChI is InChI=1S/C24H26N4O3S/c1-30-19-6-2-5-18(15-19)27-11-9-26(10-12-27)17-24(29)28-21(23-8-4-14-32-23)16-20(25-28)22-7-3-13-31-22/h2-8,13-15,21H,9-12,16-17H2,1H3. The van der Waals surface area contributed by atoms with Crippen LogP contribution in [0.2, 0.25) is 0 Å². The number of methoxy groups -OCH3 is 1. The fourth-order valence-corrected chi connectivity index (χ4v) is 5.08. The number of ether oxygens (including phenoxy) is 1. The second-order valence-corrected chi connectivity index (χ2v) is 8.94. The zero-order chi connectivity index (χ0) is 21.9. The van der Waals surface area contributed by atoms with Crippen LogP contribution in [0.4, 0.5) is 5.69 Å². The minimum absolute atomic E-state index is 0.0276. The minimum atomic E-state index is -0.0688. The third kappa shape index (κ3) is 4.28. The summed E-state index contributed by atoms with van der Waals surface area (Å²) in [5, 5.41) is 8.38. The molecule has 1 amide bonds. The zero-order valence-corrected chi connectivity index (χ0v) is 18.8. The molecule has 0 spiro atoms. The molecule has 166 valence electrons. The van der Waals surface area contributed by atoms with Crippen LogP contribution >= 0.6 is 11.3 Å². The maximum Gasteiger partial charge on any atom is 0.257 e. The molecule has 1 saturated heterocycles. The van der Waals surface area contributed by atoms with Crippen molar-refractivity contribution in [2.45, 2.75) is 12.5 Å². The summed E-state index contributed by atoms with van der Waals surface area (Å²) in [7, 11) is 1.68. The molecule has 0 bridgehead atoms. The van der Waals surface area contributed by atoms with Gasteiger partial charge in [0, 0.05) is 49.2 Å². The molecule has 1 fully saturated rings. The number of anilines is 1. The molecule has 2 aromatic heterocycles. The molecule has 1 unspecified atom stereocenters. The zero-order valence-electron chi connectivity index (χ0n) is 18.0. The van der Waals surface area contributed by atoms with Crippen molar-refractivity contribution in [3.63, 3.8) is 0 Å². The number of carbonyl (C=O) groups excluding carboxylic acids is 1. The Kier molecular flexibility index (Phi) is 5.96. The molecule has 4 heterocycles. The summed E-state index contributed by atoms with van der Waals surface area (Å²) < 4.78 is 10.9. The Morgan fingerprint density at radius 2 is 2.03 bits per heavy atom. The molecule has 2 aliphatic rings. The highest BCUT2D eigenvalue weighted by Gasteiger charge is 2.35. The first-order valence-electron chi connectivity index (χ1n) is 10.8. The molecule has 32 heavy (non-hydrogen) atoms. The highest BCUT2D eigenvalue weighted by atomic mass is 32.1. The highest BCUT2D eigenvalue weighted by Crippen LogP contribution is 2.35. The average molecular weight is 451 g/mol. The smallest absolute Gasteiger partial charge is 0.257 e. The van der Waals surface area contributed by atoms with Gasteiger partial charge in [0.05, 0.1) is 26.0 Å². The van der Waals surface area contributed by atoms with Gasteiger partial charge in [-0.25, -0.2) is 5.01 Å². The monoisotopic (exact) mass is 450 g/mol. The van der Waals surface area contributed by atoms with Crippen molar-refractivity contribution in [1.29, 1.82) is 0 Å². The van der Waals surface area contributed by atoms with Gasteiger partial charge in [-0.3, -0.25) is 9.69 Å². The molecule has 0 aliphatic carbocycles. The van der Waals surface area contributed by atoms with Gasteiger partial charge < -0.3 is 14.1 Å².